The van der Waals surface area contributed by atoms with Crippen molar-refractivity contribution < 1.29 is 9.90 Å². The Labute approximate surface area is 91.3 Å². The van der Waals surface area contributed by atoms with E-state index in [9.17, 15) is 4.79 Å². The molecule has 0 amide bonds. The lowest BCUT2D eigenvalue weighted by atomic mass is 10.2. The average Bonchev–Trinajstić information content (AvgIpc) is 2.55. The molecule has 0 aliphatic heterocycles. The summed E-state index contributed by atoms with van der Waals surface area (Å²) in [5.41, 5.74) is 6.11. The Kier molecular flexibility index (Phi) is 2.32. The van der Waals surface area contributed by atoms with Crippen molar-refractivity contribution in [1.29, 1.82) is 0 Å². The second-order valence-electron chi connectivity index (χ2n) is 3.25. The Morgan fingerprint density at radius 2 is 2.25 bits per heavy atom. The molecule has 6 nitrogen and oxygen atoms in total. The highest BCUT2D eigenvalue weighted by Crippen LogP contribution is 2.19. The molecule has 2 rings (SSSR count). The van der Waals surface area contributed by atoms with E-state index >= 15 is 0 Å². The minimum Gasteiger partial charge on any atom is -0.477 e. The molecule has 3 N–H and O–H groups in total. The molecule has 6 heteroatoms. The minimum atomic E-state index is -1.09. The van der Waals surface area contributed by atoms with Gasteiger partial charge in [0, 0.05) is 6.20 Å². The smallest absolute Gasteiger partial charge is 0.341 e. The van der Waals surface area contributed by atoms with Gasteiger partial charge in [-0.25, -0.2) is 9.78 Å². The van der Waals surface area contributed by atoms with Crippen molar-refractivity contribution in [3.8, 4) is 5.82 Å². The number of carbonyl (C=O) groups is 1. The number of nitrogen functional groups attached to an aromatic ring is 1. The number of aromatic carboxylic acids is 1. The van der Waals surface area contributed by atoms with Crippen LogP contribution in [0.1, 0.15) is 16.1 Å². The fraction of sp³-hybridized carbons (Fsp3) is 0.100. The fourth-order valence-electron chi connectivity index (χ4n) is 1.46. The Bertz CT molecular complexity index is 533. The number of carboxylic acids is 1. The molecule has 0 radical (unpaired) electrons. The molecule has 2 heterocycles. The third kappa shape index (κ3) is 1.50. The number of aryl methyl sites for hydroxylation is 1. The van der Waals surface area contributed by atoms with Crippen LogP contribution in [-0.2, 0) is 0 Å². The summed E-state index contributed by atoms with van der Waals surface area (Å²) < 4.78 is 1.32. The zero-order valence-electron chi connectivity index (χ0n) is 8.58. The standard InChI is InChI=1S/C10H10N4O2/c1-6-8(10(15)16)9(11)14(13-6)7-4-2-3-5-12-7/h2-5H,11H2,1H3,(H,15,16). The molecular formula is C10H10N4O2. The molecule has 0 aliphatic carbocycles. The topological polar surface area (TPSA) is 94.0 Å². The van der Waals surface area contributed by atoms with Crippen LogP contribution < -0.4 is 5.73 Å². The minimum absolute atomic E-state index is 0.0191. The van der Waals surface area contributed by atoms with Crippen LogP contribution >= 0.6 is 0 Å². The quantitative estimate of drug-likeness (QED) is 0.779. The van der Waals surface area contributed by atoms with Crippen molar-refractivity contribution in [3.63, 3.8) is 0 Å². The number of pyridine rings is 1. The number of nitrogens with two attached hydrogens (primary N) is 1. The van der Waals surface area contributed by atoms with Crippen LogP contribution in [0.4, 0.5) is 5.82 Å². The van der Waals surface area contributed by atoms with Crippen LogP contribution in [0.25, 0.3) is 5.82 Å². The average molecular weight is 218 g/mol. The first-order valence-corrected chi connectivity index (χ1v) is 4.61. The van der Waals surface area contributed by atoms with Gasteiger partial charge < -0.3 is 10.8 Å². The Morgan fingerprint density at radius 1 is 1.50 bits per heavy atom. The second kappa shape index (κ2) is 3.65. The summed E-state index contributed by atoms with van der Waals surface area (Å²) >= 11 is 0. The largest absolute Gasteiger partial charge is 0.477 e. The summed E-state index contributed by atoms with van der Waals surface area (Å²) in [6.07, 6.45) is 1.59. The number of hydrogen-bond donors (Lipinski definition) is 2. The first-order chi connectivity index (χ1) is 7.61. The van der Waals surface area contributed by atoms with Gasteiger partial charge in [0.2, 0.25) is 0 Å². The third-order valence-electron chi connectivity index (χ3n) is 2.18. The van der Waals surface area contributed by atoms with Crippen LogP contribution in [-0.4, -0.2) is 25.8 Å². The molecule has 0 aliphatic rings. The van der Waals surface area contributed by atoms with Gasteiger partial charge in [0.15, 0.2) is 5.82 Å². The van der Waals surface area contributed by atoms with Gasteiger partial charge in [-0.15, -0.1) is 0 Å². The Balaban J connectivity index is 2.61. The van der Waals surface area contributed by atoms with E-state index < -0.39 is 5.97 Å². The number of anilines is 1. The molecule has 0 unspecified atom stereocenters. The first-order valence-electron chi connectivity index (χ1n) is 4.61. The SMILES string of the molecule is Cc1nn(-c2ccccn2)c(N)c1C(=O)O. The molecule has 2 aromatic rings. The predicted molar refractivity (Wildman–Crippen MR) is 57.5 cm³/mol. The van der Waals surface area contributed by atoms with Crippen molar-refractivity contribution in [2.24, 2.45) is 0 Å². The zero-order valence-corrected chi connectivity index (χ0v) is 8.58. The lowest BCUT2D eigenvalue weighted by Gasteiger charge is -2.01. The molecule has 0 spiro atoms. The van der Waals surface area contributed by atoms with Crippen LogP contribution in [0, 0.1) is 6.92 Å². The number of aromatic nitrogens is 3. The Morgan fingerprint density at radius 3 is 2.75 bits per heavy atom. The summed E-state index contributed by atoms with van der Waals surface area (Å²) in [6.45, 7) is 1.60. The van der Waals surface area contributed by atoms with E-state index in [0.717, 1.165) is 0 Å². The van der Waals surface area contributed by atoms with E-state index in [-0.39, 0.29) is 11.4 Å². The zero-order chi connectivity index (χ0) is 11.7. The number of nitrogens with zero attached hydrogens (tertiary/aromatic N) is 3. The summed E-state index contributed by atoms with van der Waals surface area (Å²) in [5, 5.41) is 13.0. The molecule has 2 aromatic heterocycles. The fourth-order valence-corrected chi connectivity index (χ4v) is 1.46. The highest BCUT2D eigenvalue weighted by atomic mass is 16.4. The van der Waals surface area contributed by atoms with Crippen molar-refractivity contribution in [1.82, 2.24) is 14.8 Å². The van der Waals surface area contributed by atoms with Gasteiger partial charge in [-0.1, -0.05) is 6.07 Å². The van der Waals surface area contributed by atoms with Gasteiger partial charge in [-0.3, -0.25) is 0 Å². The molecule has 82 valence electrons. The highest BCUT2D eigenvalue weighted by Gasteiger charge is 2.19. The molecule has 0 bridgehead atoms. The molecule has 0 fully saturated rings. The van der Waals surface area contributed by atoms with Crippen LogP contribution in [0.3, 0.4) is 0 Å². The maximum absolute atomic E-state index is 10.9. The summed E-state index contributed by atoms with van der Waals surface area (Å²) in [7, 11) is 0. The van der Waals surface area contributed by atoms with Gasteiger partial charge in [0.1, 0.15) is 11.4 Å². The summed E-state index contributed by atoms with van der Waals surface area (Å²) in [5.74, 6) is -0.503. The number of rotatable bonds is 2. The van der Waals surface area contributed by atoms with Crippen LogP contribution in [0.5, 0.6) is 0 Å². The summed E-state index contributed by atoms with van der Waals surface area (Å²) in [6, 6.07) is 5.24. The van der Waals surface area contributed by atoms with Crippen molar-refractivity contribution >= 4 is 11.8 Å². The van der Waals surface area contributed by atoms with E-state index in [1.165, 1.54) is 4.68 Å². The van der Waals surface area contributed by atoms with Crippen molar-refractivity contribution in [2.45, 2.75) is 6.92 Å². The maximum Gasteiger partial charge on any atom is 0.341 e. The molecule has 16 heavy (non-hydrogen) atoms. The number of carboxylic acid groups (broad SMARTS) is 1. The van der Waals surface area contributed by atoms with Crippen molar-refractivity contribution in [3.05, 3.63) is 35.7 Å². The number of hydrogen-bond acceptors (Lipinski definition) is 4. The van der Waals surface area contributed by atoms with Gasteiger partial charge >= 0.3 is 5.97 Å². The van der Waals surface area contributed by atoms with Gasteiger partial charge in [0.25, 0.3) is 0 Å². The van der Waals surface area contributed by atoms with Crippen molar-refractivity contribution in [2.75, 3.05) is 5.73 Å². The van der Waals surface area contributed by atoms with Gasteiger partial charge in [0.05, 0.1) is 5.69 Å². The first kappa shape index (κ1) is 10.2. The van der Waals surface area contributed by atoms with E-state index in [4.69, 9.17) is 10.8 Å². The molecule has 0 saturated heterocycles. The molecule has 0 atom stereocenters. The van der Waals surface area contributed by atoms with E-state index in [2.05, 4.69) is 10.1 Å². The van der Waals surface area contributed by atoms with E-state index in [1.54, 1.807) is 31.3 Å². The highest BCUT2D eigenvalue weighted by molar-refractivity contribution is 5.94. The lowest BCUT2D eigenvalue weighted by molar-refractivity contribution is 0.0697. The normalized spacial score (nSPS) is 10.3. The summed E-state index contributed by atoms with van der Waals surface area (Å²) in [4.78, 5) is 15.0. The third-order valence-corrected chi connectivity index (χ3v) is 2.18. The molecule has 0 aromatic carbocycles. The van der Waals surface area contributed by atoms with Gasteiger partial charge in [-0.05, 0) is 19.1 Å². The monoisotopic (exact) mass is 218 g/mol. The van der Waals surface area contributed by atoms with E-state index in [0.29, 0.717) is 11.5 Å². The lowest BCUT2D eigenvalue weighted by Crippen LogP contribution is -2.06. The maximum atomic E-state index is 10.9. The van der Waals surface area contributed by atoms with Gasteiger partial charge in [-0.2, -0.15) is 9.78 Å². The van der Waals surface area contributed by atoms with Crippen LogP contribution in [0.2, 0.25) is 0 Å². The Hall–Kier alpha value is -2.37. The predicted octanol–water partition coefficient (Wildman–Crippen LogP) is 0.856. The van der Waals surface area contributed by atoms with Crippen LogP contribution in [0.15, 0.2) is 24.4 Å². The van der Waals surface area contributed by atoms with E-state index in [1.807, 2.05) is 0 Å². The molecular weight excluding hydrogens is 208 g/mol. The second-order valence-corrected chi connectivity index (χ2v) is 3.25. The molecule has 0 saturated carbocycles.